The summed E-state index contributed by atoms with van der Waals surface area (Å²) >= 11 is 0. The van der Waals surface area contributed by atoms with Gasteiger partial charge in [-0.05, 0) is 44.0 Å². The fraction of sp³-hybridized carbons (Fsp3) is 0.389. The maximum absolute atomic E-state index is 5.44. The molecule has 1 aromatic heterocycles. The van der Waals surface area contributed by atoms with Crippen LogP contribution in [0.2, 0.25) is 0 Å². The number of aromatic nitrogens is 1. The Bertz CT molecular complexity index is 596. The van der Waals surface area contributed by atoms with Gasteiger partial charge in [0.2, 0.25) is 5.88 Å². The van der Waals surface area contributed by atoms with E-state index in [2.05, 4.69) is 55.3 Å². The predicted octanol–water partition coefficient (Wildman–Crippen LogP) is 3.80. The van der Waals surface area contributed by atoms with E-state index in [1.165, 1.54) is 16.7 Å². The van der Waals surface area contributed by atoms with Gasteiger partial charge >= 0.3 is 0 Å². The molecule has 0 fully saturated rings. The molecule has 3 nitrogen and oxygen atoms in total. The van der Waals surface area contributed by atoms with Crippen LogP contribution in [0, 0.1) is 13.8 Å². The van der Waals surface area contributed by atoms with Crippen molar-refractivity contribution in [1.82, 2.24) is 10.3 Å². The first-order chi connectivity index (χ1) is 10.2. The molecule has 0 saturated carbocycles. The second kappa shape index (κ2) is 7.23. The van der Waals surface area contributed by atoms with E-state index >= 15 is 0 Å². The van der Waals surface area contributed by atoms with Gasteiger partial charge in [0.1, 0.15) is 0 Å². The predicted molar refractivity (Wildman–Crippen MR) is 86.8 cm³/mol. The summed E-state index contributed by atoms with van der Waals surface area (Å²) in [7, 11) is 1.67. The van der Waals surface area contributed by atoms with Crippen molar-refractivity contribution < 1.29 is 4.74 Å². The van der Waals surface area contributed by atoms with E-state index in [9.17, 15) is 0 Å². The van der Waals surface area contributed by atoms with Crippen LogP contribution in [-0.2, 0) is 0 Å². The largest absolute Gasteiger partial charge is 0.481 e. The summed E-state index contributed by atoms with van der Waals surface area (Å²) < 4.78 is 5.44. The minimum absolute atomic E-state index is 0.106. The van der Waals surface area contributed by atoms with Crippen LogP contribution in [0.25, 0.3) is 0 Å². The van der Waals surface area contributed by atoms with Crippen LogP contribution < -0.4 is 10.1 Å². The molecule has 2 aromatic rings. The van der Waals surface area contributed by atoms with Crippen LogP contribution in [0.15, 0.2) is 36.5 Å². The van der Waals surface area contributed by atoms with Gasteiger partial charge in [-0.1, -0.05) is 36.8 Å². The van der Waals surface area contributed by atoms with Crippen LogP contribution in [-0.4, -0.2) is 18.6 Å². The van der Waals surface area contributed by atoms with Gasteiger partial charge in [-0.2, -0.15) is 0 Å². The number of pyridine rings is 1. The van der Waals surface area contributed by atoms with Crippen LogP contribution >= 0.6 is 0 Å². The van der Waals surface area contributed by atoms with Crippen molar-refractivity contribution in [3.05, 3.63) is 58.8 Å². The molecule has 112 valence electrons. The molecule has 2 rings (SSSR count). The molecule has 0 aliphatic rings. The Morgan fingerprint density at radius 2 is 2.00 bits per heavy atom. The first kappa shape index (κ1) is 15.5. The molecule has 0 amide bonds. The number of hydrogen-bond acceptors (Lipinski definition) is 3. The molecule has 0 bridgehead atoms. The van der Waals surface area contributed by atoms with Gasteiger partial charge in [0.25, 0.3) is 0 Å². The molecule has 0 radical (unpaired) electrons. The summed E-state index contributed by atoms with van der Waals surface area (Å²) in [5.41, 5.74) is 4.93. The van der Waals surface area contributed by atoms with Crippen LogP contribution in [0.4, 0.5) is 0 Å². The van der Waals surface area contributed by atoms with Crippen molar-refractivity contribution in [3.63, 3.8) is 0 Å². The molecule has 1 unspecified atom stereocenters. The zero-order valence-corrected chi connectivity index (χ0v) is 13.3. The Hall–Kier alpha value is -1.87. The lowest BCUT2D eigenvalue weighted by Crippen LogP contribution is -2.24. The molecule has 0 aliphatic heterocycles. The normalized spacial score (nSPS) is 12.2. The average Bonchev–Trinajstić information content (AvgIpc) is 2.49. The molecule has 0 aliphatic carbocycles. The Morgan fingerprint density at radius 1 is 1.19 bits per heavy atom. The highest BCUT2D eigenvalue weighted by Gasteiger charge is 2.19. The number of benzene rings is 1. The van der Waals surface area contributed by atoms with Gasteiger partial charge in [0.05, 0.1) is 13.2 Å². The first-order valence-electron chi connectivity index (χ1n) is 7.46. The second-order valence-electron chi connectivity index (χ2n) is 5.35. The number of nitrogens with zero attached hydrogens (tertiary/aromatic N) is 1. The Labute approximate surface area is 127 Å². The van der Waals surface area contributed by atoms with Crippen molar-refractivity contribution in [3.8, 4) is 5.88 Å². The van der Waals surface area contributed by atoms with Gasteiger partial charge in [0, 0.05) is 11.8 Å². The summed E-state index contributed by atoms with van der Waals surface area (Å²) in [4.78, 5) is 4.34. The van der Waals surface area contributed by atoms with E-state index in [0.717, 1.165) is 18.5 Å². The Morgan fingerprint density at radius 3 is 2.67 bits per heavy atom. The SMILES string of the molecule is CCCNC(c1ccc(C)cc1C)c1cccnc1OC. The van der Waals surface area contributed by atoms with Crippen molar-refractivity contribution in [1.29, 1.82) is 0 Å². The minimum Gasteiger partial charge on any atom is -0.481 e. The Kier molecular flexibility index (Phi) is 5.34. The zero-order chi connectivity index (χ0) is 15.2. The lowest BCUT2D eigenvalue weighted by atomic mass is 9.94. The molecule has 21 heavy (non-hydrogen) atoms. The lowest BCUT2D eigenvalue weighted by molar-refractivity contribution is 0.386. The summed E-state index contributed by atoms with van der Waals surface area (Å²) in [6.07, 6.45) is 2.85. The zero-order valence-electron chi connectivity index (χ0n) is 13.3. The highest BCUT2D eigenvalue weighted by molar-refractivity contribution is 5.42. The molecular formula is C18H24N2O. The van der Waals surface area contributed by atoms with Gasteiger partial charge in [-0.15, -0.1) is 0 Å². The molecule has 1 aromatic carbocycles. The average molecular weight is 284 g/mol. The fourth-order valence-electron chi connectivity index (χ4n) is 2.62. The van der Waals surface area contributed by atoms with Crippen molar-refractivity contribution in [2.75, 3.05) is 13.7 Å². The molecular weight excluding hydrogens is 260 g/mol. The van der Waals surface area contributed by atoms with Gasteiger partial charge in [-0.3, -0.25) is 0 Å². The summed E-state index contributed by atoms with van der Waals surface area (Å²) in [6, 6.07) is 10.7. The minimum atomic E-state index is 0.106. The third-order valence-electron chi connectivity index (χ3n) is 3.64. The van der Waals surface area contributed by atoms with E-state index in [4.69, 9.17) is 4.74 Å². The highest BCUT2D eigenvalue weighted by atomic mass is 16.5. The number of ether oxygens (including phenoxy) is 1. The third kappa shape index (κ3) is 3.61. The van der Waals surface area contributed by atoms with Crippen LogP contribution in [0.5, 0.6) is 5.88 Å². The molecule has 3 heteroatoms. The molecule has 0 spiro atoms. The van der Waals surface area contributed by atoms with Crippen molar-refractivity contribution in [2.24, 2.45) is 0 Å². The third-order valence-corrected chi connectivity index (χ3v) is 3.64. The summed E-state index contributed by atoms with van der Waals surface area (Å²) in [5, 5.41) is 3.62. The molecule has 1 atom stereocenters. The topological polar surface area (TPSA) is 34.2 Å². The monoisotopic (exact) mass is 284 g/mol. The fourth-order valence-corrected chi connectivity index (χ4v) is 2.62. The maximum Gasteiger partial charge on any atom is 0.218 e. The van der Waals surface area contributed by atoms with Gasteiger partial charge in [0.15, 0.2) is 0 Å². The van der Waals surface area contributed by atoms with Crippen molar-refractivity contribution >= 4 is 0 Å². The van der Waals surface area contributed by atoms with Gasteiger partial charge < -0.3 is 10.1 Å². The quantitative estimate of drug-likeness (QED) is 0.876. The number of nitrogens with one attached hydrogen (secondary N) is 1. The van der Waals surface area contributed by atoms with Crippen molar-refractivity contribution in [2.45, 2.75) is 33.2 Å². The molecule has 1 N–H and O–H groups in total. The molecule has 1 heterocycles. The first-order valence-corrected chi connectivity index (χ1v) is 7.46. The standard InChI is InChI=1S/C18H24N2O/c1-5-10-19-17(15-9-8-13(2)12-14(15)3)16-7-6-11-20-18(16)21-4/h6-9,11-12,17,19H,5,10H2,1-4H3. The smallest absolute Gasteiger partial charge is 0.218 e. The van der Waals surface area contributed by atoms with Crippen LogP contribution in [0.3, 0.4) is 0 Å². The second-order valence-corrected chi connectivity index (χ2v) is 5.35. The van der Waals surface area contributed by atoms with E-state index < -0.39 is 0 Å². The van der Waals surface area contributed by atoms with E-state index in [1.807, 2.05) is 6.07 Å². The van der Waals surface area contributed by atoms with Crippen LogP contribution in [0.1, 0.15) is 41.6 Å². The summed E-state index contributed by atoms with van der Waals surface area (Å²) in [5.74, 6) is 0.686. The molecule has 0 saturated heterocycles. The van der Waals surface area contributed by atoms with E-state index in [1.54, 1.807) is 13.3 Å². The maximum atomic E-state index is 5.44. The number of rotatable bonds is 6. The summed E-state index contributed by atoms with van der Waals surface area (Å²) in [6.45, 7) is 7.41. The van der Waals surface area contributed by atoms with E-state index in [0.29, 0.717) is 5.88 Å². The van der Waals surface area contributed by atoms with E-state index in [-0.39, 0.29) is 6.04 Å². The number of methoxy groups -OCH3 is 1. The number of aryl methyl sites for hydroxylation is 2. The van der Waals surface area contributed by atoms with Gasteiger partial charge in [-0.25, -0.2) is 4.98 Å². The lowest BCUT2D eigenvalue weighted by Gasteiger charge is -2.23. The highest BCUT2D eigenvalue weighted by Crippen LogP contribution is 2.30. The number of hydrogen-bond donors (Lipinski definition) is 1. The Balaban J connectivity index is 2.47.